The van der Waals surface area contributed by atoms with Gasteiger partial charge in [-0.15, -0.1) is 0 Å². The van der Waals surface area contributed by atoms with E-state index in [1.165, 1.54) is 6.07 Å². The van der Waals surface area contributed by atoms with Crippen LogP contribution >= 0.6 is 0 Å². The second-order valence-electron chi connectivity index (χ2n) is 5.67. The van der Waals surface area contributed by atoms with Gasteiger partial charge in [0.25, 0.3) is 0 Å². The molecule has 0 amide bonds. The minimum atomic E-state index is -0.366. The van der Waals surface area contributed by atoms with Crippen molar-refractivity contribution in [1.29, 1.82) is 0 Å². The van der Waals surface area contributed by atoms with Crippen LogP contribution in [0.25, 0.3) is 6.08 Å². The van der Waals surface area contributed by atoms with E-state index in [0.717, 1.165) is 18.4 Å². The molecule has 2 heteroatoms. The van der Waals surface area contributed by atoms with Crippen molar-refractivity contribution in [2.24, 2.45) is 5.92 Å². The van der Waals surface area contributed by atoms with Gasteiger partial charge in [0.05, 0.1) is 11.1 Å². The lowest BCUT2D eigenvalue weighted by atomic mass is 9.87. The molecule has 118 valence electrons. The zero-order valence-electron chi connectivity index (χ0n) is 13.2. The summed E-state index contributed by atoms with van der Waals surface area (Å²) < 4.78 is 13.6. The molecule has 0 bridgehead atoms. The van der Waals surface area contributed by atoms with Gasteiger partial charge in [-0.1, -0.05) is 72.5 Å². The largest absolute Gasteiger partial charge is 0.293 e. The van der Waals surface area contributed by atoms with Crippen molar-refractivity contribution in [2.45, 2.75) is 12.8 Å². The van der Waals surface area contributed by atoms with Gasteiger partial charge in [-0.3, -0.25) is 4.79 Å². The Morgan fingerprint density at radius 3 is 2.54 bits per heavy atom. The molecule has 0 spiro atoms. The van der Waals surface area contributed by atoms with Crippen LogP contribution in [-0.4, -0.2) is 5.78 Å². The number of hydrogen-bond acceptors (Lipinski definition) is 1. The second kappa shape index (κ2) is 7.57. The van der Waals surface area contributed by atoms with Gasteiger partial charge < -0.3 is 0 Å². The van der Waals surface area contributed by atoms with Gasteiger partial charge in [0.1, 0.15) is 5.82 Å². The highest BCUT2D eigenvalue weighted by atomic mass is 19.1. The van der Waals surface area contributed by atoms with Crippen molar-refractivity contribution in [1.82, 2.24) is 0 Å². The zero-order valence-corrected chi connectivity index (χ0v) is 13.2. The predicted octanol–water partition coefficient (Wildman–Crippen LogP) is 4.80. The third kappa shape index (κ3) is 3.88. The summed E-state index contributed by atoms with van der Waals surface area (Å²) in [6, 6.07) is 16.2. The van der Waals surface area contributed by atoms with Gasteiger partial charge in [0, 0.05) is 5.92 Å². The van der Waals surface area contributed by atoms with E-state index >= 15 is 0 Å². The highest BCUT2D eigenvalue weighted by Crippen LogP contribution is 2.22. The maximum Gasteiger partial charge on any atom is 0.177 e. The molecule has 3 rings (SSSR count). The van der Waals surface area contributed by atoms with E-state index in [1.54, 1.807) is 18.2 Å². The molecule has 1 aliphatic carbocycles. The Labute approximate surface area is 141 Å². The Hall–Kier alpha value is -2.92. The first-order valence-corrected chi connectivity index (χ1v) is 7.98. The zero-order chi connectivity index (χ0) is 16.8. The number of carbonyl (C=O) groups is 1. The summed E-state index contributed by atoms with van der Waals surface area (Å²) in [4.78, 5) is 12.5. The normalized spacial score (nSPS) is 17.3. The van der Waals surface area contributed by atoms with E-state index in [1.807, 2.05) is 48.6 Å². The fourth-order valence-corrected chi connectivity index (χ4v) is 2.62. The molecular formula is C22H17FO. The van der Waals surface area contributed by atoms with E-state index in [4.69, 9.17) is 0 Å². The lowest BCUT2D eigenvalue weighted by Crippen LogP contribution is -2.17. The molecule has 1 aliphatic rings. The van der Waals surface area contributed by atoms with Gasteiger partial charge in [-0.05, 0) is 30.5 Å². The smallest absolute Gasteiger partial charge is 0.177 e. The molecule has 2 aromatic rings. The highest BCUT2D eigenvalue weighted by molar-refractivity contribution is 6.03. The lowest BCUT2D eigenvalue weighted by molar-refractivity contribution is -0.118. The summed E-state index contributed by atoms with van der Waals surface area (Å²) in [6.45, 7) is 0. The molecule has 0 saturated carbocycles. The van der Waals surface area contributed by atoms with E-state index < -0.39 is 0 Å². The predicted molar refractivity (Wildman–Crippen MR) is 94.6 cm³/mol. The Kier molecular flexibility index (Phi) is 5.03. The number of ketones is 1. The summed E-state index contributed by atoms with van der Waals surface area (Å²) >= 11 is 0. The first kappa shape index (κ1) is 16.0. The van der Waals surface area contributed by atoms with E-state index in [0.29, 0.717) is 11.1 Å². The van der Waals surface area contributed by atoms with Gasteiger partial charge >= 0.3 is 0 Å². The average Bonchev–Trinajstić information content (AvgIpc) is 2.62. The van der Waals surface area contributed by atoms with Crippen LogP contribution < -0.4 is 0 Å². The van der Waals surface area contributed by atoms with Crippen LogP contribution in [0.5, 0.6) is 0 Å². The Balaban J connectivity index is 1.75. The number of benzene rings is 2. The van der Waals surface area contributed by atoms with Crippen molar-refractivity contribution in [2.75, 3.05) is 0 Å². The minimum Gasteiger partial charge on any atom is -0.293 e. The molecule has 1 atom stereocenters. The van der Waals surface area contributed by atoms with Crippen molar-refractivity contribution in [3.63, 3.8) is 0 Å². The molecule has 1 unspecified atom stereocenters. The fraction of sp³-hybridized carbons (Fsp3) is 0.136. The number of rotatable bonds is 2. The second-order valence-corrected chi connectivity index (χ2v) is 5.67. The topological polar surface area (TPSA) is 17.1 Å². The minimum absolute atomic E-state index is 0.0114. The van der Waals surface area contributed by atoms with Crippen molar-refractivity contribution in [3.05, 3.63) is 89.3 Å². The van der Waals surface area contributed by atoms with Gasteiger partial charge in [0.2, 0.25) is 0 Å². The molecule has 0 saturated heterocycles. The molecule has 0 aliphatic heterocycles. The molecule has 0 radical (unpaired) electrons. The summed E-state index contributed by atoms with van der Waals surface area (Å²) in [5.74, 6) is 5.09. The van der Waals surface area contributed by atoms with Crippen LogP contribution in [0, 0.1) is 23.6 Å². The molecule has 0 N–H and O–H groups in total. The van der Waals surface area contributed by atoms with Gasteiger partial charge in [-0.2, -0.15) is 0 Å². The highest BCUT2D eigenvalue weighted by Gasteiger charge is 2.21. The Morgan fingerprint density at radius 2 is 1.75 bits per heavy atom. The number of allylic oxidation sites excluding steroid dienone is 3. The van der Waals surface area contributed by atoms with Crippen molar-refractivity contribution < 1.29 is 9.18 Å². The third-order valence-electron chi connectivity index (χ3n) is 3.95. The molecule has 0 fully saturated rings. The number of hydrogen-bond donors (Lipinski definition) is 0. The van der Waals surface area contributed by atoms with Crippen LogP contribution in [0.2, 0.25) is 0 Å². The maximum atomic E-state index is 13.6. The van der Waals surface area contributed by atoms with Crippen molar-refractivity contribution in [3.8, 4) is 11.8 Å². The van der Waals surface area contributed by atoms with Gasteiger partial charge in [0.15, 0.2) is 5.78 Å². The monoisotopic (exact) mass is 316 g/mol. The quantitative estimate of drug-likeness (QED) is 0.728. The number of halogens is 1. The molecule has 24 heavy (non-hydrogen) atoms. The van der Waals surface area contributed by atoms with Crippen LogP contribution in [-0.2, 0) is 4.79 Å². The summed E-state index contributed by atoms with van der Waals surface area (Å²) in [5, 5.41) is 0. The van der Waals surface area contributed by atoms with E-state index in [2.05, 4.69) is 11.8 Å². The number of carbonyl (C=O) groups excluding carboxylic acids is 1. The molecule has 0 aromatic heterocycles. The first-order valence-electron chi connectivity index (χ1n) is 7.98. The van der Waals surface area contributed by atoms with Crippen molar-refractivity contribution >= 4 is 11.9 Å². The standard InChI is InChI=1S/C22H17FO/c23-21-12-5-4-9-18(21)15-16-20-11-6-10-19(22(20)24)14-13-17-7-2-1-3-8-17/h1-5,7-9,11-14,19H,6,10H2/b14-13+. The Bertz CT molecular complexity index is 850. The summed E-state index contributed by atoms with van der Waals surface area (Å²) in [6.07, 6.45) is 7.35. The molecular weight excluding hydrogens is 299 g/mol. The van der Waals surface area contributed by atoms with Crippen LogP contribution in [0.1, 0.15) is 24.0 Å². The third-order valence-corrected chi connectivity index (χ3v) is 3.95. The molecule has 2 aromatic carbocycles. The molecule has 0 heterocycles. The SMILES string of the molecule is O=C1C(C#Cc2ccccc2F)=CCCC1/C=C/c1ccccc1. The van der Waals surface area contributed by atoms with Crippen LogP contribution in [0.15, 0.2) is 72.3 Å². The maximum absolute atomic E-state index is 13.6. The van der Waals surface area contributed by atoms with E-state index in [9.17, 15) is 9.18 Å². The average molecular weight is 316 g/mol. The first-order chi connectivity index (χ1) is 11.7. The van der Waals surface area contributed by atoms with Crippen LogP contribution in [0.4, 0.5) is 4.39 Å². The molecule has 1 nitrogen and oxygen atoms in total. The summed E-state index contributed by atoms with van der Waals surface area (Å²) in [7, 11) is 0. The fourth-order valence-electron chi connectivity index (χ4n) is 2.62. The Morgan fingerprint density at radius 1 is 1.00 bits per heavy atom. The number of Topliss-reactive ketones (excluding diaryl/α,β-unsaturated/α-hetero) is 1. The van der Waals surface area contributed by atoms with E-state index in [-0.39, 0.29) is 17.5 Å². The lowest BCUT2D eigenvalue weighted by Gasteiger charge is -2.15. The van der Waals surface area contributed by atoms with Gasteiger partial charge in [-0.25, -0.2) is 4.39 Å². The summed E-state index contributed by atoms with van der Waals surface area (Å²) in [5.41, 5.74) is 1.86. The van der Waals surface area contributed by atoms with Crippen LogP contribution in [0.3, 0.4) is 0 Å².